The quantitative estimate of drug-likeness (QED) is 0.843. The SMILES string of the molecule is NC1(COCc2ccc(Cl)s2)CCCCCC1. The summed E-state index contributed by atoms with van der Waals surface area (Å²) in [5, 5.41) is 0. The maximum absolute atomic E-state index is 6.38. The molecule has 1 heterocycles. The third kappa shape index (κ3) is 4.25. The predicted octanol–water partition coefficient (Wildman–Crippen LogP) is 3.97. The predicted molar refractivity (Wildman–Crippen MR) is 73.6 cm³/mol. The molecular weight excluding hydrogens is 254 g/mol. The van der Waals surface area contributed by atoms with E-state index in [2.05, 4.69) is 0 Å². The summed E-state index contributed by atoms with van der Waals surface area (Å²) < 4.78 is 6.58. The van der Waals surface area contributed by atoms with Crippen molar-refractivity contribution in [2.24, 2.45) is 5.73 Å². The molecule has 0 radical (unpaired) electrons. The summed E-state index contributed by atoms with van der Waals surface area (Å²) in [6.07, 6.45) is 7.31. The Bertz CT molecular complexity index is 345. The smallest absolute Gasteiger partial charge is 0.0932 e. The first kappa shape index (κ1) is 13.3. The van der Waals surface area contributed by atoms with Gasteiger partial charge in [0, 0.05) is 10.4 Å². The lowest BCUT2D eigenvalue weighted by Crippen LogP contribution is -2.43. The summed E-state index contributed by atoms with van der Waals surface area (Å²) in [5.41, 5.74) is 6.28. The molecule has 0 bridgehead atoms. The lowest BCUT2D eigenvalue weighted by atomic mass is 9.93. The number of ether oxygens (including phenoxy) is 1. The van der Waals surface area contributed by atoms with Crippen LogP contribution < -0.4 is 5.73 Å². The van der Waals surface area contributed by atoms with Crippen molar-refractivity contribution in [3.63, 3.8) is 0 Å². The maximum atomic E-state index is 6.38. The van der Waals surface area contributed by atoms with Gasteiger partial charge in [-0.1, -0.05) is 37.3 Å². The Morgan fingerprint density at radius 2 is 1.94 bits per heavy atom. The third-order valence-corrected chi connectivity index (χ3v) is 4.57. The van der Waals surface area contributed by atoms with Crippen LogP contribution in [0, 0.1) is 0 Å². The highest BCUT2D eigenvalue weighted by molar-refractivity contribution is 7.16. The Hall–Kier alpha value is -0.0900. The molecule has 1 aromatic heterocycles. The van der Waals surface area contributed by atoms with Gasteiger partial charge < -0.3 is 10.5 Å². The maximum Gasteiger partial charge on any atom is 0.0932 e. The van der Waals surface area contributed by atoms with Crippen LogP contribution in [0.25, 0.3) is 0 Å². The van der Waals surface area contributed by atoms with E-state index >= 15 is 0 Å². The topological polar surface area (TPSA) is 35.2 Å². The molecule has 1 saturated carbocycles. The van der Waals surface area contributed by atoms with Gasteiger partial charge in [0.15, 0.2) is 0 Å². The van der Waals surface area contributed by atoms with E-state index in [-0.39, 0.29) is 5.54 Å². The number of thiophene rings is 1. The van der Waals surface area contributed by atoms with E-state index in [0.717, 1.165) is 17.2 Å². The van der Waals surface area contributed by atoms with Gasteiger partial charge in [-0.2, -0.15) is 0 Å². The van der Waals surface area contributed by atoms with Crippen molar-refractivity contribution < 1.29 is 4.74 Å². The summed E-state index contributed by atoms with van der Waals surface area (Å²) in [5.74, 6) is 0. The monoisotopic (exact) mass is 273 g/mol. The van der Waals surface area contributed by atoms with Crippen LogP contribution in [0.4, 0.5) is 0 Å². The van der Waals surface area contributed by atoms with Gasteiger partial charge in [0.05, 0.1) is 17.6 Å². The lowest BCUT2D eigenvalue weighted by Gasteiger charge is -2.27. The van der Waals surface area contributed by atoms with Crippen LogP contribution in [-0.4, -0.2) is 12.1 Å². The van der Waals surface area contributed by atoms with Crippen molar-refractivity contribution in [2.45, 2.75) is 50.7 Å². The molecule has 96 valence electrons. The summed E-state index contributed by atoms with van der Waals surface area (Å²) in [7, 11) is 0. The zero-order chi connectivity index (χ0) is 12.1. The Morgan fingerprint density at radius 1 is 1.24 bits per heavy atom. The normalized spacial score (nSPS) is 20.1. The Balaban J connectivity index is 1.76. The number of nitrogens with two attached hydrogens (primary N) is 1. The lowest BCUT2D eigenvalue weighted by molar-refractivity contribution is 0.0682. The Kier molecular flexibility index (Phi) is 4.86. The second-order valence-corrected chi connectivity index (χ2v) is 6.77. The minimum atomic E-state index is -0.0996. The van der Waals surface area contributed by atoms with Gasteiger partial charge in [-0.25, -0.2) is 0 Å². The highest BCUT2D eigenvalue weighted by Gasteiger charge is 2.26. The molecule has 4 heteroatoms. The van der Waals surface area contributed by atoms with Crippen molar-refractivity contribution in [2.75, 3.05) is 6.61 Å². The van der Waals surface area contributed by atoms with Gasteiger partial charge in [0.1, 0.15) is 0 Å². The first-order chi connectivity index (χ1) is 8.18. The van der Waals surface area contributed by atoms with Crippen molar-refractivity contribution in [1.29, 1.82) is 0 Å². The van der Waals surface area contributed by atoms with E-state index < -0.39 is 0 Å². The highest BCUT2D eigenvalue weighted by atomic mass is 35.5. The van der Waals surface area contributed by atoms with Crippen LogP contribution in [0.5, 0.6) is 0 Å². The number of hydrogen-bond acceptors (Lipinski definition) is 3. The minimum absolute atomic E-state index is 0.0996. The average molecular weight is 274 g/mol. The standard InChI is InChI=1S/C13H20ClNOS/c14-12-6-5-11(17-12)9-16-10-13(15)7-3-1-2-4-8-13/h5-6H,1-4,7-10,15H2. The zero-order valence-electron chi connectivity index (χ0n) is 10.1. The van der Waals surface area contributed by atoms with Crippen LogP contribution in [-0.2, 0) is 11.3 Å². The Labute approximate surface area is 112 Å². The van der Waals surface area contributed by atoms with Gasteiger partial charge in [0.2, 0.25) is 0 Å². The summed E-state index contributed by atoms with van der Waals surface area (Å²) in [6, 6.07) is 3.93. The van der Waals surface area contributed by atoms with Crippen LogP contribution in [0.2, 0.25) is 4.34 Å². The molecule has 1 aromatic rings. The van der Waals surface area contributed by atoms with Gasteiger partial charge in [0.25, 0.3) is 0 Å². The molecule has 0 aromatic carbocycles. The van der Waals surface area contributed by atoms with E-state index in [9.17, 15) is 0 Å². The zero-order valence-corrected chi connectivity index (χ0v) is 11.7. The average Bonchev–Trinajstić information content (AvgIpc) is 2.58. The first-order valence-corrected chi connectivity index (χ1v) is 7.48. The van der Waals surface area contributed by atoms with Crippen LogP contribution in [0.1, 0.15) is 43.4 Å². The van der Waals surface area contributed by atoms with E-state index in [0.29, 0.717) is 13.2 Å². The largest absolute Gasteiger partial charge is 0.374 e. The molecule has 0 saturated heterocycles. The molecule has 17 heavy (non-hydrogen) atoms. The van der Waals surface area contributed by atoms with Gasteiger partial charge in [-0.15, -0.1) is 11.3 Å². The summed E-state index contributed by atoms with van der Waals surface area (Å²) >= 11 is 7.45. The molecule has 1 aliphatic carbocycles. The van der Waals surface area contributed by atoms with Gasteiger partial charge in [-0.3, -0.25) is 0 Å². The molecule has 0 atom stereocenters. The second-order valence-electron chi connectivity index (χ2n) is 4.98. The third-order valence-electron chi connectivity index (χ3n) is 3.36. The summed E-state index contributed by atoms with van der Waals surface area (Å²) in [6.45, 7) is 1.30. The van der Waals surface area contributed by atoms with Crippen molar-refractivity contribution >= 4 is 22.9 Å². The van der Waals surface area contributed by atoms with Gasteiger partial charge >= 0.3 is 0 Å². The fourth-order valence-electron chi connectivity index (χ4n) is 2.36. The molecule has 1 aliphatic rings. The molecule has 1 fully saturated rings. The van der Waals surface area contributed by atoms with Crippen LogP contribution in [0.3, 0.4) is 0 Å². The fourth-order valence-corrected chi connectivity index (χ4v) is 3.39. The Morgan fingerprint density at radius 3 is 2.53 bits per heavy atom. The molecule has 0 unspecified atom stereocenters. The number of rotatable bonds is 4. The van der Waals surface area contributed by atoms with E-state index in [1.807, 2.05) is 12.1 Å². The number of hydrogen-bond donors (Lipinski definition) is 1. The molecule has 2 nitrogen and oxygen atoms in total. The van der Waals surface area contributed by atoms with Crippen molar-refractivity contribution in [3.05, 3.63) is 21.3 Å². The molecule has 0 amide bonds. The van der Waals surface area contributed by atoms with Crippen molar-refractivity contribution in [3.8, 4) is 0 Å². The molecule has 0 spiro atoms. The fraction of sp³-hybridized carbons (Fsp3) is 0.692. The highest BCUT2D eigenvalue weighted by Crippen LogP contribution is 2.26. The minimum Gasteiger partial charge on any atom is -0.374 e. The van der Waals surface area contributed by atoms with E-state index in [1.54, 1.807) is 11.3 Å². The van der Waals surface area contributed by atoms with Crippen LogP contribution >= 0.6 is 22.9 Å². The molecular formula is C13H20ClNOS. The molecule has 2 N–H and O–H groups in total. The van der Waals surface area contributed by atoms with Crippen molar-refractivity contribution in [1.82, 2.24) is 0 Å². The van der Waals surface area contributed by atoms with Gasteiger partial charge in [-0.05, 0) is 25.0 Å². The van der Waals surface area contributed by atoms with E-state index in [4.69, 9.17) is 22.1 Å². The first-order valence-electron chi connectivity index (χ1n) is 6.29. The van der Waals surface area contributed by atoms with Crippen LogP contribution in [0.15, 0.2) is 12.1 Å². The number of halogens is 1. The molecule has 0 aliphatic heterocycles. The van der Waals surface area contributed by atoms with E-state index in [1.165, 1.54) is 30.6 Å². The second kappa shape index (κ2) is 6.19. The summed E-state index contributed by atoms with van der Waals surface area (Å²) in [4.78, 5) is 1.17. The molecule has 2 rings (SSSR count).